The number of nitrogens with zero attached hydrogens (tertiary/aromatic N) is 5. The number of anilines is 2. The van der Waals surface area contributed by atoms with Crippen molar-refractivity contribution in [2.75, 3.05) is 30.3 Å². The van der Waals surface area contributed by atoms with E-state index in [0.29, 0.717) is 48.4 Å². The summed E-state index contributed by atoms with van der Waals surface area (Å²) in [5.74, 6) is 2.12. The maximum absolute atomic E-state index is 12.8. The molecule has 13 heteroatoms. The summed E-state index contributed by atoms with van der Waals surface area (Å²) >= 11 is 1.07. The Balaban J connectivity index is 1.34. The largest absolute Gasteiger partial charge is 0.354 e. The minimum absolute atomic E-state index is 0.214. The van der Waals surface area contributed by atoms with Crippen LogP contribution in [-0.2, 0) is 10.0 Å². The topological polar surface area (TPSA) is 161 Å². The molecule has 0 amide bonds. The van der Waals surface area contributed by atoms with Crippen LogP contribution in [0.2, 0.25) is 0 Å². The van der Waals surface area contributed by atoms with Gasteiger partial charge in [-0.2, -0.15) is 23.7 Å². The molecule has 1 unspecified atom stereocenters. The summed E-state index contributed by atoms with van der Waals surface area (Å²) in [6.45, 7) is 5.79. The number of aromatic nitrogens is 5. The molecule has 1 aromatic carbocycles. The second-order valence-electron chi connectivity index (χ2n) is 8.47. The van der Waals surface area contributed by atoms with Gasteiger partial charge in [-0.15, -0.1) is 0 Å². The van der Waals surface area contributed by atoms with E-state index in [-0.39, 0.29) is 22.8 Å². The molecule has 2 heterocycles. The molecule has 0 radical (unpaired) electrons. The Kier molecular flexibility index (Phi) is 7.86. The summed E-state index contributed by atoms with van der Waals surface area (Å²) in [7, 11) is -3.60. The normalized spacial score (nSPS) is 19.7. The van der Waals surface area contributed by atoms with Crippen LogP contribution in [0.1, 0.15) is 51.4 Å². The van der Waals surface area contributed by atoms with E-state index in [2.05, 4.69) is 39.1 Å². The van der Waals surface area contributed by atoms with E-state index in [9.17, 15) is 8.42 Å². The molecule has 184 valence electrons. The van der Waals surface area contributed by atoms with Crippen LogP contribution in [0, 0.1) is 11.8 Å². The standard InChI is InChI=1S/C21H31N9O2S2/c1-3-23-20-26-19(27-21(28-20)24-4-2)18(22)14-7-5-13(6-8-14)12-25-34(31,32)15-9-10-16-17(11-15)30-33-29-16/h9-11,13-14,18,25H,3-8,12,22H2,1-2H3,(H2,23,24,26,27,28). The van der Waals surface area contributed by atoms with E-state index in [1.54, 1.807) is 18.2 Å². The van der Waals surface area contributed by atoms with E-state index >= 15 is 0 Å². The highest BCUT2D eigenvalue weighted by Gasteiger charge is 2.29. The van der Waals surface area contributed by atoms with Gasteiger partial charge in [-0.05, 0) is 69.6 Å². The molecule has 1 saturated carbocycles. The Bertz CT molecular complexity index is 1190. The molecule has 4 rings (SSSR count). The molecule has 3 aromatic rings. The second kappa shape index (κ2) is 10.8. The SMILES string of the molecule is CCNc1nc(NCC)nc(C(N)C2CCC(CNS(=O)(=O)c3ccc4nsnc4c3)CC2)n1. The van der Waals surface area contributed by atoms with Gasteiger partial charge in [-0.25, -0.2) is 13.1 Å². The van der Waals surface area contributed by atoms with E-state index in [1.165, 1.54) is 0 Å². The van der Waals surface area contributed by atoms with Crippen LogP contribution in [-0.4, -0.2) is 51.8 Å². The summed E-state index contributed by atoms with van der Waals surface area (Å²) in [4.78, 5) is 13.6. The molecule has 1 fully saturated rings. The minimum atomic E-state index is -3.60. The molecular weight excluding hydrogens is 474 g/mol. The molecule has 0 spiro atoms. The lowest BCUT2D eigenvalue weighted by Gasteiger charge is -2.31. The number of nitrogens with two attached hydrogens (primary N) is 1. The Hall–Kier alpha value is -2.48. The fourth-order valence-electron chi connectivity index (χ4n) is 4.22. The number of hydrogen-bond acceptors (Lipinski definition) is 11. The van der Waals surface area contributed by atoms with Crippen molar-refractivity contribution in [1.82, 2.24) is 28.4 Å². The Morgan fingerprint density at radius 2 is 1.65 bits per heavy atom. The molecule has 11 nitrogen and oxygen atoms in total. The van der Waals surface area contributed by atoms with E-state index in [0.717, 1.165) is 37.4 Å². The molecule has 1 aliphatic carbocycles. The van der Waals surface area contributed by atoms with Gasteiger partial charge < -0.3 is 16.4 Å². The third kappa shape index (κ3) is 5.77. The summed E-state index contributed by atoms with van der Waals surface area (Å²) < 4.78 is 36.5. The van der Waals surface area contributed by atoms with Crippen molar-refractivity contribution in [1.29, 1.82) is 0 Å². The summed E-state index contributed by atoms with van der Waals surface area (Å²) in [5, 5.41) is 6.27. The zero-order chi connectivity index (χ0) is 24.1. The number of sulfonamides is 1. The fourth-order valence-corrected chi connectivity index (χ4v) is 5.87. The first kappa shape index (κ1) is 24.6. The van der Waals surface area contributed by atoms with Crippen molar-refractivity contribution in [2.24, 2.45) is 17.6 Å². The highest BCUT2D eigenvalue weighted by atomic mass is 32.2. The lowest BCUT2D eigenvalue weighted by Crippen LogP contribution is -2.33. The first-order valence-electron chi connectivity index (χ1n) is 11.6. The highest BCUT2D eigenvalue weighted by Crippen LogP contribution is 2.35. The number of hydrogen-bond donors (Lipinski definition) is 4. The van der Waals surface area contributed by atoms with Gasteiger partial charge in [0.15, 0.2) is 5.82 Å². The van der Waals surface area contributed by atoms with Crippen LogP contribution in [0.4, 0.5) is 11.9 Å². The van der Waals surface area contributed by atoms with Crippen molar-refractivity contribution in [3.8, 4) is 0 Å². The predicted octanol–water partition coefficient (Wildman–Crippen LogP) is 2.52. The monoisotopic (exact) mass is 505 g/mol. The molecule has 34 heavy (non-hydrogen) atoms. The molecule has 0 bridgehead atoms. The third-order valence-electron chi connectivity index (χ3n) is 6.12. The molecule has 0 saturated heterocycles. The van der Waals surface area contributed by atoms with Gasteiger partial charge >= 0.3 is 0 Å². The maximum atomic E-state index is 12.8. The van der Waals surface area contributed by atoms with E-state index in [4.69, 9.17) is 5.73 Å². The Labute approximate surface area is 203 Å². The molecular formula is C21H31N9O2S2. The fraction of sp³-hybridized carbons (Fsp3) is 0.571. The van der Waals surface area contributed by atoms with Gasteiger partial charge in [-0.1, -0.05) is 0 Å². The van der Waals surface area contributed by atoms with Gasteiger partial charge in [0.2, 0.25) is 21.9 Å². The van der Waals surface area contributed by atoms with Gasteiger partial charge in [0.05, 0.1) is 22.7 Å². The zero-order valence-corrected chi connectivity index (χ0v) is 21.0. The van der Waals surface area contributed by atoms with Crippen LogP contribution in [0.3, 0.4) is 0 Å². The first-order chi connectivity index (χ1) is 16.4. The van der Waals surface area contributed by atoms with Gasteiger partial charge in [0.25, 0.3) is 0 Å². The summed E-state index contributed by atoms with van der Waals surface area (Å²) in [6, 6.07) is 4.52. The smallest absolute Gasteiger partial charge is 0.240 e. The maximum Gasteiger partial charge on any atom is 0.240 e. The average Bonchev–Trinajstić information content (AvgIpc) is 3.31. The first-order valence-corrected chi connectivity index (χ1v) is 13.8. The molecule has 1 atom stereocenters. The van der Waals surface area contributed by atoms with Crippen molar-refractivity contribution in [3.05, 3.63) is 24.0 Å². The summed E-state index contributed by atoms with van der Waals surface area (Å²) in [6.07, 6.45) is 3.56. The van der Waals surface area contributed by atoms with Gasteiger partial charge in [-0.3, -0.25) is 0 Å². The van der Waals surface area contributed by atoms with Crippen molar-refractivity contribution < 1.29 is 8.42 Å². The average molecular weight is 506 g/mol. The van der Waals surface area contributed by atoms with Crippen LogP contribution in [0.5, 0.6) is 0 Å². The lowest BCUT2D eigenvalue weighted by atomic mass is 9.78. The van der Waals surface area contributed by atoms with Crippen molar-refractivity contribution in [3.63, 3.8) is 0 Å². The van der Waals surface area contributed by atoms with Crippen LogP contribution >= 0.6 is 11.7 Å². The van der Waals surface area contributed by atoms with E-state index in [1.807, 2.05) is 13.8 Å². The van der Waals surface area contributed by atoms with Gasteiger partial charge in [0, 0.05) is 19.6 Å². The molecule has 0 aliphatic heterocycles. The number of benzene rings is 1. The second-order valence-corrected chi connectivity index (χ2v) is 10.8. The van der Waals surface area contributed by atoms with Crippen molar-refractivity contribution in [2.45, 2.75) is 50.5 Å². The van der Waals surface area contributed by atoms with Crippen LogP contribution in [0.15, 0.2) is 23.1 Å². The Morgan fingerprint density at radius 3 is 2.29 bits per heavy atom. The number of nitrogens with one attached hydrogen (secondary N) is 3. The number of rotatable bonds is 10. The predicted molar refractivity (Wildman–Crippen MR) is 133 cm³/mol. The highest BCUT2D eigenvalue weighted by molar-refractivity contribution is 7.89. The minimum Gasteiger partial charge on any atom is -0.354 e. The van der Waals surface area contributed by atoms with Crippen LogP contribution in [0.25, 0.3) is 11.0 Å². The van der Waals surface area contributed by atoms with E-state index < -0.39 is 10.0 Å². The third-order valence-corrected chi connectivity index (χ3v) is 8.10. The zero-order valence-electron chi connectivity index (χ0n) is 19.4. The van der Waals surface area contributed by atoms with Crippen LogP contribution < -0.4 is 21.1 Å². The number of fused-ring (bicyclic) bond motifs is 1. The molecule has 2 aromatic heterocycles. The van der Waals surface area contributed by atoms with Gasteiger partial charge in [0.1, 0.15) is 11.0 Å². The molecule has 1 aliphatic rings. The quantitative estimate of drug-likeness (QED) is 0.322. The molecule has 5 N–H and O–H groups in total. The lowest BCUT2D eigenvalue weighted by molar-refractivity contribution is 0.240. The summed E-state index contributed by atoms with van der Waals surface area (Å²) in [5.41, 5.74) is 7.86. The van der Waals surface area contributed by atoms with Crippen molar-refractivity contribution >= 4 is 44.7 Å². The Morgan fingerprint density at radius 1 is 1.00 bits per heavy atom.